The van der Waals surface area contributed by atoms with E-state index < -0.39 is 18.1 Å². The van der Waals surface area contributed by atoms with Crippen LogP contribution in [0.4, 0.5) is 0 Å². The quantitative estimate of drug-likeness (QED) is 0.659. The molecule has 0 bridgehead atoms. The number of nitrogens with one attached hydrogen (secondary N) is 1. The van der Waals surface area contributed by atoms with Crippen LogP contribution in [0.25, 0.3) is 0 Å². The third-order valence-corrected chi connectivity index (χ3v) is 5.08. The Morgan fingerprint density at radius 3 is 2.30 bits per heavy atom. The minimum absolute atomic E-state index is 0.0628. The SMILES string of the molecule is CC(C)C(N)C(=O)N1CCC(C(=O)NC(Cc2ccccc2)C(=O)O)CC1. The molecule has 1 fully saturated rings. The summed E-state index contributed by atoms with van der Waals surface area (Å²) in [6, 6.07) is 7.72. The molecule has 1 aromatic carbocycles. The molecule has 7 nitrogen and oxygen atoms in total. The third kappa shape index (κ3) is 5.79. The van der Waals surface area contributed by atoms with Gasteiger partial charge in [0.15, 0.2) is 0 Å². The van der Waals surface area contributed by atoms with Crippen molar-refractivity contribution in [2.45, 2.75) is 45.2 Å². The van der Waals surface area contributed by atoms with Crippen molar-refractivity contribution in [3.8, 4) is 0 Å². The number of carboxylic acids is 1. The molecule has 0 spiro atoms. The molecular weight excluding hydrogens is 346 g/mol. The number of carbonyl (C=O) groups is 3. The maximum absolute atomic E-state index is 12.5. The summed E-state index contributed by atoms with van der Waals surface area (Å²) >= 11 is 0. The number of rotatable bonds is 7. The first-order chi connectivity index (χ1) is 12.8. The van der Waals surface area contributed by atoms with E-state index in [0.29, 0.717) is 25.9 Å². The Bertz CT molecular complexity index is 654. The van der Waals surface area contributed by atoms with Gasteiger partial charge in [-0.05, 0) is 24.3 Å². The summed E-state index contributed by atoms with van der Waals surface area (Å²) in [4.78, 5) is 38.1. The molecule has 0 radical (unpaired) electrons. The fraction of sp³-hybridized carbons (Fsp3) is 0.550. The van der Waals surface area contributed by atoms with Crippen molar-refractivity contribution >= 4 is 17.8 Å². The molecule has 1 heterocycles. The predicted molar refractivity (Wildman–Crippen MR) is 102 cm³/mol. The van der Waals surface area contributed by atoms with E-state index in [4.69, 9.17) is 5.73 Å². The highest BCUT2D eigenvalue weighted by atomic mass is 16.4. The molecule has 0 aromatic heterocycles. The molecule has 2 amide bonds. The fourth-order valence-electron chi connectivity index (χ4n) is 3.20. The monoisotopic (exact) mass is 375 g/mol. The van der Waals surface area contributed by atoms with E-state index in [0.717, 1.165) is 5.56 Å². The highest BCUT2D eigenvalue weighted by Gasteiger charge is 2.32. The number of piperidine rings is 1. The van der Waals surface area contributed by atoms with Crippen LogP contribution in [0.1, 0.15) is 32.3 Å². The average molecular weight is 375 g/mol. The third-order valence-electron chi connectivity index (χ3n) is 5.08. The van der Waals surface area contributed by atoms with E-state index in [-0.39, 0.29) is 30.1 Å². The predicted octanol–water partition coefficient (Wildman–Crippen LogP) is 1.02. The Labute approximate surface area is 159 Å². The largest absolute Gasteiger partial charge is 0.480 e. The number of carbonyl (C=O) groups excluding carboxylic acids is 2. The average Bonchev–Trinajstić information content (AvgIpc) is 2.67. The molecular formula is C20H29N3O4. The number of carboxylic acid groups (broad SMARTS) is 1. The number of nitrogens with zero attached hydrogens (tertiary/aromatic N) is 1. The maximum Gasteiger partial charge on any atom is 0.326 e. The lowest BCUT2D eigenvalue weighted by Gasteiger charge is -2.34. The smallest absolute Gasteiger partial charge is 0.326 e. The van der Waals surface area contributed by atoms with Gasteiger partial charge in [-0.15, -0.1) is 0 Å². The second-order valence-electron chi connectivity index (χ2n) is 7.46. The first kappa shape index (κ1) is 20.9. The van der Waals surface area contributed by atoms with Crippen molar-refractivity contribution in [3.05, 3.63) is 35.9 Å². The molecule has 27 heavy (non-hydrogen) atoms. The van der Waals surface area contributed by atoms with Crippen LogP contribution in [-0.2, 0) is 20.8 Å². The van der Waals surface area contributed by atoms with Gasteiger partial charge in [0.05, 0.1) is 6.04 Å². The maximum atomic E-state index is 12.5. The van der Waals surface area contributed by atoms with Crippen molar-refractivity contribution in [1.82, 2.24) is 10.2 Å². The molecule has 2 unspecified atom stereocenters. The molecule has 1 aliphatic heterocycles. The van der Waals surface area contributed by atoms with Crippen molar-refractivity contribution in [1.29, 1.82) is 0 Å². The van der Waals surface area contributed by atoms with E-state index in [2.05, 4.69) is 5.32 Å². The summed E-state index contributed by atoms with van der Waals surface area (Å²) in [5, 5.41) is 12.1. The fourth-order valence-corrected chi connectivity index (χ4v) is 3.20. The molecule has 1 aromatic rings. The molecule has 2 rings (SSSR count). The number of amides is 2. The molecule has 148 valence electrons. The van der Waals surface area contributed by atoms with Crippen LogP contribution in [0.5, 0.6) is 0 Å². The van der Waals surface area contributed by atoms with E-state index in [9.17, 15) is 19.5 Å². The van der Waals surface area contributed by atoms with Gasteiger partial charge in [0.1, 0.15) is 6.04 Å². The summed E-state index contributed by atoms with van der Waals surface area (Å²) in [5.74, 6) is -1.63. The number of nitrogens with two attached hydrogens (primary N) is 1. The molecule has 2 atom stereocenters. The molecule has 7 heteroatoms. The van der Waals surface area contributed by atoms with Crippen molar-refractivity contribution in [3.63, 3.8) is 0 Å². The zero-order valence-electron chi connectivity index (χ0n) is 15.9. The van der Waals surface area contributed by atoms with Gasteiger partial charge in [-0.1, -0.05) is 44.2 Å². The van der Waals surface area contributed by atoms with E-state index in [1.165, 1.54) is 0 Å². The summed E-state index contributed by atoms with van der Waals surface area (Å²) in [5.41, 5.74) is 6.78. The first-order valence-electron chi connectivity index (χ1n) is 9.41. The van der Waals surface area contributed by atoms with Crippen LogP contribution in [0, 0.1) is 11.8 Å². The Balaban J connectivity index is 1.88. The normalized spacial score (nSPS) is 17.4. The molecule has 4 N–H and O–H groups in total. The number of hydrogen-bond acceptors (Lipinski definition) is 4. The minimum Gasteiger partial charge on any atom is -0.480 e. The molecule has 0 saturated carbocycles. The zero-order chi connectivity index (χ0) is 20.0. The summed E-state index contributed by atoms with van der Waals surface area (Å²) in [6.07, 6.45) is 1.27. The van der Waals surface area contributed by atoms with Crippen molar-refractivity contribution < 1.29 is 19.5 Å². The lowest BCUT2D eigenvalue weighted by molar-refractivity contribution is -0.143. The number of aliphatic carboxylic acids is 1. The standard InChI is InChI=1S/C20H29N3O4/c1-13(2)17(21)19(25)23-10-8-15(9-11-23)18(24)22-16(20(26)27)12-14-6-4-3-5-7-14/h3-7,13,15-17H,8-12,21H2,1-2H3,(H,22,24)(H,26,27). The van der Waals surface area contributed by atoms with Crippen LogP contribution < -0.4 is 11.1 Å². The van der Waals surface area contributed by atoms with Gasteiger partial charge in [0, 0.05) is 25.4 Å². The van der Waals surface area contributed by atoms with Gasteiger partial charge in [-0.3, -0.25) is 9.59 Å². The van der Waals surface area contributed by atoms with E-state index in [1.807, 2.05) is 44.2 Å². The van der Waals surface area contributed by atoms with E-state index >= 15 is 0 Å². The van der Waals surface area contributed by atoms with Crippen LogP contribution in [0.2, 0.25) is 0 Å². The molecule has 1 saturated heterocycles. The van der Waals surface area contributed by atoms with E-state index in [1.54, 1.807) is 4.90 Å². The second kappa shape index (κ2) is 9.50. The van der Waals surface area contributed by atoms with Crippen LogP contribution >= 0.6 is 0 Å². The zero-order valence-corrected chi connectivity index (χ0v) is 15.9. The van der Waals surface area contributed by atoms with Crippen LogP contribution in [0.3, 0.4) is 0 Å². The lowest BCUT2D eigenvalue weighted by atomic mass is 9.94. The highest BCUT2D eigenvalue weighted by molar-refractivity contribution is 5.86. The second-order valence-corrected chi connectivity index (χ2v) is 7.46. The van der Waals surface area contributed by atoms with Gasteiger partial charge in [0.25, 0.3) is 0 Å². The highest BCUT2D eigenvalue weighted by Crippen LogP contribution is 2.19. The summed E-state index contributed by atoms with van der Waals surface area (Å²) in [6.45, 7) is 4.74. The van der Waals surface area contributed by atoms with Gasteiger partial charge in [-0.25, -0.2) is 4.79 Å². The topological polar surface area (TPSA) is 113 Å². The number of benzene rings is 1. The first-order valence-corrected chi connectivity index (χ1v) is 9.41. The Hall–Kier alpha value is -2.41. The van der Waals surface area contributed by atoms with Crippen LogP contribution in [-0.4, -0.2) is 53.0 Å². The Kier molecular flexibility index (Phi) is 7.36. The number of hydrogen-bond donors (Lipinski definition) is 3. The molecule has 0 aliphatic carbocycles. The van der Waals surface area contributed by atoms with Crippen molar-refractivity contribution in [2.75, 3.05) is 13.1 Å². The Morgan fingerprint density at radius 2 is 1.78 bits per heavy atom. The van der Waals surface area contributed by atoms with Gasteiger partial charge in [0.2, 0.25) is 11.8 Å². The van der Waals surface area contributed by atoms with Gasteiger partial charge in [-0.2, -0.15) is 0 Å². The minimum atomic E-state index is -1.05. The van der Waals surface area contributed by atoms with Gasteiger partial charge >= 0.3 is 5.97 Å². The van der Waals surface area contributed by atoms with Gasteiger partial charge < -0.3 is 21.1 Å². The summed E-state index contributed by atoms with van der Waals surface area (Å²) in [7, 11) is 0. The Morgan fingerprint density at radius 1 is 1.19 bits per heavy atom. The molecule has 1 aliphatic rings. The van der Waals surface area contributed by atoms with Crippen LogP contribution in [0.15, 0.2) is 30.3 Å². The van der Waals surface area contributed by atoms with Crippen molar-refractivity contribution in [2.24, 2.45) is 17.6 Å². The lowest BCUT2D eigenvalue weighted by Crippen LogP contribution is -2.51. The number of likely N-dealkylation sites (tertiary alicyclic amines) is 1. The summed E-state index contributed by atoms with van der Waals surface area (Å²) < 4.78 is 0.